The Bertz CT molecular complexity index is 679. The van der Waals surface area contributed by atoms with Crippen LogP contribution in [0.3, 0.4) is 0 Å². The second-order valence-electron chi connectivity index (χ2n) is 3.52. The van der Waals surface area contributed by atoms with Crippen LogP contribution in [0.1, 0.15) is 0 Å². The number of nitrogens with one attached hydrogen (secondary N) is 1. The molecule has 0 unspecified atom stereocenters. The van der Waals surface area contributed by atoms with Crippen molar-refractivity contribution in [1.82, 2.24) is 20.3 Å². The van der Waals surface area contributed by atoms with Gasteiger partial charge in [0.1, 0.15) is 5.52 Å². The number of H-pyrrole nitrogens is 1. The van der Waals surface area contributed by atoms with Crippen molar-refractivity contribution in [2.45, 2.75) is 0 Å². The fourth-order valence-electron chi connectivity index (χ4n) is 1.65. The Morgan fingerprint density at radius 3 is 2.94 bits per heavy atom. The van der Waals surface area contributed by atoms with Crippen molar-refractivity contribution in [3.8, 4) is 11.3 Å². The summed E-state index contributed by atoms with van der Waals surface area (Å²) in [5.41, 5.74) is 7.94. The van der Waals surface area contributed by atoms with Crippen LogP contribution >= 0.6 is 0 Å². The average molecular weight is 228 g/mol. The molecule has 3 rings (SSSR count). The first-order valence-corrected chi connectivity index (χ1v) is 4.91. The van der Waals surface area contributed by atoms with E-state index >= 15 is 0 Å². The molecule has 17 heavy (non-hydrogen) atoms. The van der Waals surface area contributed by atoms with Crippen LogP contribution in [-0.4, -0.2) is 20.3 Å². The highest BCUT2D eigenvalue weighted by Gasteiger charge is 2.10. The summed E-state index contributed by atoms with van der Waals surface area (Å²) in [6.45, 7) is 0. The Labute approximate surface area is 95.5 Å². The maximum absolute atomic E-state index is 11.6. The molecule has 0 saturated heterocycles. The van der Waals surface area contributed by atoms with E-state index < -0.39 is 0 Å². The van der Waals surface area contributed by atoms with Gasteiger partial charge in [0.2, 0.25) is 0 Å². The van der Waals surface area contributed by atoms with Gasteiger partial charge >= 0.3 is 0 Å². The Morgan fingerprint density at radius 1 is 1.29 bits per heavy atom. The molecule has 0 bridgehead atoms. The van der Waals surface area contributed by atoms with Gasteiger partial charge in [0.25, 0.3) is 11.5 Å². The lowest BCUT2D eigenvalue weighted by Gasteiger charge is -2.01. The molecule has 0 saturated carbocycles. The van der Waals surface area contributed by atoms with E-state index in [0.717, 1.165) is 11.3 Å². The van der Waals surface area contributed by atoms with Crippen LogP contribution in [0.2, 0.25) is 0 Å². The molecule has 84 valence electrons. The highest BCUT2D eigenvalue weighted by molar-refractivity contribution is 5.78. The molecule has 2 heterocycles. The minimum Gasteiger partial charge on any atom is -0.594 e. The minimum absolute atomic E-state index is 0.0400. The van der Waals surface area contributed by atoms with Gasteiger partial charge < -0.3 is 10.9 Å². The number of aromatic nitrogens is 5. The van der Waals surface area contributed by atoms with Crippen LogP contribution in [0.15, 0.2) is 30.5 Å². The highest BCUT2D eigenvalue weighted by Crippen LogP contribution is 2.19. The van der Waals surface area contributed by atoms with Crippen molar-refractivity contribution < 1.29 is 4.85 Å². The average Bonchev–Trinajstić information content (AvgIpc) is 2.82. The van der Waals surface area contributed by atoms with Crippen molar-refractivity contribution in [2.24, 2.45) is 0 Å². The molecule has 0 fully saturated rings. The largest absolute Gasteiger partial charge is 0.594 e. The van der Waals surface area contributed by atoms with E-state index in [4.69, 9.17) is 5.73 Å². The van der Waals surface area contributed by atoms with Crippen molar-refractivity contribution >= 4 is 17.0 Å². The molecule has 2 aromatic heterocycles. The first-order valence-electron chi connectivity index (χ1n) is 4.91. The van der Waals surface area contributed by atoms with E-state index in [1.165, 1.54) is 0 Å². The number of nitrogens with zero attached hydrogens (tertiary/aromatic N) is 4. The topological polar surface area (TPSA) is 107 Å². The van der Waals surface area contributed by atoms with Gasteiger partial charge in [-0.1, -0.05) is 6.07 Å². The first kappa shape index (κ1) is 9.52. The molecular formula is C10H8N6O. The number of benzene rings is 1. The fraction of sp³-hybridized carbons (Fsp3) is 0. The zero-order valence-corrected chi connectivity index (χ0v) is 8.66. The summed E-state index contributed by atoms with van der Waals surface area (Å²) in [7, 11) is 0. The number of anilines is 1. The van der Waals surface area contributed by atoms with Gasteiger partial charge in [-0.2, -0.15) is 5.10 Å². The maximum atomic E-state index is 11.6. The highest BCUT2D eigenvalue weighted by atomic mass is 16.5. The molecule has 0 aliphatic rings. The van der Waals surface area contributed by atoms with Crippen LogP contribution in [0, 0.1) is 5.21 Å². The summed E-state index contributed by atoms with van der Waals surface area (Å²) in [4.78, 5) is 4.45. The normalized spacial score (nSPS) is 10.8. The number of fused-ring (bicyclic) bond motifs is 1. The molecule has 0 atom stereocenters. The zero-order chi connectivity index (χ0) is 11.8. The first-order chi connectivity index (χ1) is 8.24. The summed E-state index contributed by atoms with van der Waals surface area (Å²) >= 11 is 0. The van der Waals surface area contributed by atoms with E-state index in [0.29, 0.717) is 15.9 Å². The zero-order valence-electron chi connectivity index (χ0n) is 8.66. The third-order valence-corrected chi connectivity index (χ3v) is 2.42. The molecule has 0 aliphatic carbocycles. The Balaban J connectivity index is 2.26. The second kappa shape index (κ2) is 3.41. The number of aromatic amines is 1. The summed E-state index contributed by atoms with van der Waals surface area (Å²) in [6.07, 6.45) is 1.64. The SMILES string of the molecule is Nc1nc2ccc(-c3ccn[nH]3)cc2[n+]([O-])n1. The molecule has 0 radical (unpaired) electrons. The van der Waals surface area contributed by atoms with Gasteiger partial charge in [-0.15, -0.1) is 0 Å². The summed E-state index contributed by atoms with van der Waals surface area (Å²) in [5.74, 6) is -0.0400. The molecule has 3 N–H and O–H groups in total. The molecule has 7 nitrogen and oxygen atoms in total. The molecule has 7 heteroatoms. The summed E-state index contributed by atoms with van der Waals surface area (Å²) < 4.78 is 0. The van der Waals surface area contributed by atoms with Crippen molar-refractivity contribution in [3.05, 3.63) is 35.7 Å². The number of rotatable bonds is 1. The second-order valence-corrected chi connectivity index (χ2v) is 3.52. The molecular weight excluding hydrogens is 220 g/mol. The Morgan fingerprint density at radius 2 is 2.18 bits per heavy atom. The predicted octanol–water partition coefficient (Wildman–Crippen LogP) is 0.235. The fourth-order valence-corrected chi connectivity index (χ4v) is 1.65. The van der Waals surface area contributed by atoms with Gasteiger partial charge in [0, 0.05) is 17.8 Å². The molecule has 0 spiro atoms. The van der Waals surface area contributed by atoms with Gasteiger partial charge in [-0.25, -0.2) is 4.98 Å². The lowest BCUT2D eigenvalue weighted by Crippen LogP contribution is -2.33. The van der Waals surface area contributed by atoms with Crippen molar-refractivity contribution in [1.29, 1.82) is 0 Å². The van der Waals surface area contributed by atoms with E-state index in [-0.39, 0.29) is 5.95 Å². The standard InChI is InChI=1S/C10H8N6O/c11-10-13-8-2-1-6(7-3-4-12-14-7)5-9(8)16(17)15-10/h1-5H,(H,12,14)(H2,11,13,15). The lowest BCUT2D eigenvalue weighted by molar-refractivity contribution is -0.641. The number of nitrogen functional groups attached to an aromatic ring is 1. The van der Waals surface area contributed by atoms with E-state index in [1.807, 2.05) is 12.1 Å². The third kappa shape index (κ3) is 1.53. The third-order valence-electron chi connectivity index (χ3n) is 2.42. The van der Waals surface area contributed by atoms with Gasteiger partial charge in [-0.05, 0) is 17.0 Å². The van der Waals surface area contributed by atoms with E-state index in [2.05, 4.69) is 20.3 Å². The predicted molar refractivity (Wildman–Crippen MR) is 60.5 cm³/mol. The number of nitrogens with two attached hydrogens (primary N) is 1. The number of hydrogen-bond donors (Lipinski definition) is 2. The van der Waals surface area contributed by atoms with E-state index in [1.54, 1.807) is 18.3 Å². The quantitative estimate of drug-likeness (QED) is 0.458. The van der Waals surface area contributed by atoms with Gasteiger partial charge in [0.15, 0.2) is 0 Å². The van der Waals surface area contributed by atoms with Crippen LogP contribution in [0.4, 0.5) is 5.95 Å². The Hall–Kier alpha value is -2.70. The van der Waals surface area contributed by atoms with Crippen LogP contribution in [0.5, 0.6) is 0 Å². The van der Waals surface area contributed by atoms with Crippen LogP contribution in [0.25, 0.3) is 22.3 Å². The molecule has 0 aliphatic heterocycles. The maximum Gasteiger partial charge on any atom is 0.288 e. The van der Waals surface area contributed by atoms with E-state index in [9.17, 15) is 5.21 Å². The van der Waals surface area contributed by atoms with Gasteiger partial charge in [0.05, 0.1) is 10.8 Å². The minimum atomic E-state index is -0.0400. The lowest BCUT2D eigenvalue weighted by atomic mass is 10.1. The smallest absolute Gasteiger partial charge is 0.288 e. The van der Waals surface area contributed by atoms with Gasteiger partial charge in [-0.3, -0.25) is 5.10 Å². The number of hydrogen-bond acceptors (Lipinski definition) is 5. The molecule has 0 amide bonds. The Kier molecular flexibility index (Phi) is 1.91. The van der Waals surface area contributed by atoms with Crippen molar-refractivity contribution in [2.75, 3.05) is 5.73 Å². The molecule has 1 aromatic carbocycles. The summed E-state index contributed by atoms with van der Waals surface area (Å²) in [6, 6.07) is 7.06. The van der Waals surface area contributed by atoms with Crippen LogP contribution in [-0.2, 0) is 0 Å². The monoisotopic (exact) mass is 228 g/mol. The summed E-state index contributed by atoms with van der Waals surface area (Å²) in [5, 5.41) is 21.8. The van der Waals surface area contributed by atoms with Crippen molar-refractivity contribution in [3.63, 3.8) is 0 Å². The van der Waals surface area contributed by atoms with Crippen LogP contribution < -0.4 is 10.6 Å². The molecule has 3 aromatic rings.